The zero-order valence-electron chi connectivity index (χ0n) is 18.3. The van der Waals surface area contributed by atoms with Gasteiger partial charge in [0.1, 0.15) is 0 Å². The summed E-state index contributed by atoms with van der Waals surface area (Å²) >= 11 is 0. The average molecular weight is 446 g/mol. The smallest absolute Gasteiger partial charge is 0.247 e. The third-order valence-electron chi connectivity index (χ3n) is 6.37. The maximum Gasteiger partial charge on any atom is 0.247 e. The zero-order valence-corrected chi connectivity index (χ0v) is 18.3. The summed E-state index contributed by atoms with van der Waals surface area (Å²) in [4.78, 5) is 27.2. The van der Waals surface area contributed by atoms with Gasteiger partial charge in [-0.05, 0) is 30.5 Å². The molecule has 1 aromatic heterocycles. The number of piperazine rings is 1. The van der Waals surface area contributed by atoms with Crippen molar-refractivity contribution in [2.24, 2.45) is 0 Å². The highest BCUT2D eigenvalue weighted by Crippen LogP contribution is 2.26. The van der Waals surface area contributed by atoms with Crippen molar-refractivity contribution in [2.75, 3.05) is 13.1 Å². The first-order valence-corrected chi connectivity index (χ1v) is 11.4. The monoisotopic (exact) mass is 445 g/mol. The van der Waals surface area contributed by atoms with Crippen LogP contribution in [0.15, 0.2) is 65.1 Å². The summed E-state index contributed by atoms with van der Waals surface area (Å²) < 4.78 is 5.88. The maximum atomic E-state index is 12.5. The molecule has 0 bridgehead atoms. The van der Waals surface area contributed by atoms with Crippen LogP contribution in [-0.2, 0) is 22.4 Å². The fourth-order valence-corrected chi connectivity index (χ4v) is 4.71. The van der Waals surface area contributed by atoms with Crippen molar-refractivity contribution in [3.8, 4) is 11.5 Å². The van der Waals surface area contributed by atoms with E-state index in [1.807, 2.05) is 60.7 Å². The molecule has 170 valence electrons. The Morgan fingerprint density at radius 3 is 2.64 bits per heavy atom. The van der Waals surface area contributed by atoms with Crippen LogP contribution in [0.2, 0.25) is 0 Å². The minimum absolute atomic E-state index is 0.0165. The fraction of sp³-hybridized carbons (Fsp3) is 0.360. The second-order valence-corrected chi connectivity index (χ2v) is 8.67. The van der Waals surface area contributed by atoms with Crippen LogP contribution < -0.4 is 10.6 Å². The number of fused-ring (bicyclic) bond motifs is 1. The molecule has 2 fully saturated rings. The summed E-state index contributed by atoms with van der Waals surface area (Å²) in [6.45, 7) is 1.16. The van der Waals surface area contributed by atoms with Crippen molar-refractivity contribution < 1.29 is 14.0 Å². The second-order valence-electron chi connectivity index (χ2n) is 8.67. The standard InChI is InChI=1S/C25H27N5O3/c31-22(12-11-17-7-3-1-4-8-17)27-19-13-21-24(32)26-15-20(30(21)16-19)14-23-28-29-25(33-23)18-9-5-2-6-10-18/h1-10,19-21H,11-16H2,(H,26,32)(H,27,31)/t19-,20+,21-/m0/s1. The molecular formula is C25H27N5O3. The molecule has 5 rings (SSSR count). The molecule has 0 aliphatic carbocycles. The number of aryl methyl sites for hydroxylation is 1. The third-order valence-corrected chi connectivity index (χ3v) is 6.37. The molecule has 33 heavy (non-hydrogen) atoms. The minimum atomic E-state index is -0.250. The number of hydrogen-bond donors (Lipinski definition) is 2. The molecule has 8 heteroatoms. The lowest BCUT2D eigenvalue weighted by Crippen LogP contribution is -2.58. The largest absolute Gasteiger partial charge is 0.421 e. The van der Waals surface area contributed by atoms with E-state index in [-0.39, 0.29) is 29.9 Å². The first kappa shape index (κ1) is 21.3. The Kier molecular flexibility index (Phi) is 6.17. The Morgan fingerprint density at radius 1 is 1.09 bits per heavy atom. The molecule has 0 spiro atoms. The number of hydrogen-bond acceptors (Lipinski definition) is 6. The Labute approximate surface area is 192 Å². The van der Waals surface area contributed by atoms with Gasteiger partial charge >= 0.3 is 0 Å². The molecule has 2 amide bonds. The van der Waals surface area contributed by atoms with Gasteiger partial charge in [0.05, 0.1) is 6.04 Å². The number of rotatable bonds is 7. The zero-order chi connectivity index (χ0) is 22.6. The van der Waals surface area contributed by atoms with Gasteiger partial charge in [-0.3, -0.25) is 14.5 Å². The predicted octanol–water partition coefficient (Wildman–Crippen LogP) is 1.97. The molecule has 2 aliphatic rings. The van der Waals surface area contributed by atoms with Gasteiger partial charge in [-0.25, -0.2) is 0 Å². The normalized spacial score (nSPS) is 22.5. The van der Waals surface area contributed by atoms with Gasteiger partial charge in [0.2, 0.25) is 23.6 Å². The highest BCUT2D eigenvalue weighted by molar-refractivity contribution is 5.83. The lowest BCUT2D eigenvalue weighted by atomic mass is 10.1. The van der Waals surface area contributed by atoms with Gasteiger partial charge in [-0.1, -0.05) is 48.5 Å². The molecule has 2 N–H and O–H groups in total. The number of carbonyl (C=O) groups excluding carboxylic acids is 2. The Balaban J connectivity index is 1.19. The van der Waals surface area contributed by atoms with Crippen molar-refractivity contribution >= 4 is 11.8 Å². The van der Waals surface area contributed by atoms with Crippen molar-refractivity contribution in [1.29, 1.82) is 0 Å². The van der Waals surface area contributed by atoms with Crippen molar-refractivity contribution in [3.05, 3.63) is 72.1 Å². The molecule has 3 heterocycles. The Hall–Kier alpha value is -3.52. The summed E-state index contributed by atoms with van der Waals surface area (Å²) in [6.07, 6.45) is 2.30. The molecule has 0 saturated carbocycles. The second kappa shape index (κ2) is 9.54. The van der Waals surface area contributed by atoms with Crippen LogP contribution >= 0.6 is 0 Å². The molecule has 2 aliphatic heterocycles. The van der Waals surface area contributed by atoms with Gasteiger partial charge in [-0.15, -0.1) is 10.2 Å². The van der Waals surface area contributed by atoms with Crippen LogP contribution in [0.25, 0.3) is 11.5 Å². The topological polar surface area (TPSA) is 100 Å². The van der Waals surface area contributed by atoms with Crippen molar-refractivity contribution in [3.63, 3.8) is 0 Å². The Bertz CT molecular complexity index is 1100. The number of amides is 2. The summed E-state index contributed by atoms with van der Waals surface area (Å²) in [5, 5.41) is 14.5. The van der Waals surface area contributed by atoms with E-state index < -0.39 is 0 Å². The lowest BCUT2D eigenvalue weighted by molar-refractivity contribution is -0.129. The molecule has 2 saturated heterocycles. The van der Waals surface area contributed by atoms with E-state index >= 15 is 0 Å². The summed E-state index contributed by atoms with van der Waals surface area (Å²) in [5.41, 5.74) is 2.02. The Morgan fingerprint density at radius 2 is 1.85 bits per heavy atom. The fourth-order valence-electron chi connectivity index (χ4n) is 4.71. The molecular weight excluding hydrogens is 418 g/mol. The highest BCUT2D eigenvalue weighted by atomic mass is 16.4. The van der Waals surface area contributed by atoms with E-state index in [0.29, 0.717) is 50.6 Å². The molecule has 3 atom stereocenters. The average Bonchev–Trinajstić information content (AvgIpc) is 3.49. The van der Waals surface area contributed by atoms with Crippen LogP contribution in [0.1, 0.15) is 24.3 Å². The van der Waals surface area contributed by atoms with Crippen LogP contribution in [0, 0.1) is 0 Å². The third kappa shape index (κ3) is 4.96. The number of nitrogens with one attached hydrogen (secondary N) is 2. The van der Waals surface area contributed by atoms with E-state index in [2.05, 4.69) is 25.7 Å². The van der Waals surface area contributed by atoms with Gasteiger partial charge in [0.25, 0.3) is 0 Å². The van der Waals surface area contributed by atoms with Gasteiger partial charge in [0.15, 0.2) is 0 Å². The van der Waals surface area contributed by atoms with Crippen LogP contribution in [0.3, 0.4) is 0 Å². The number of nitrogens with zero attached hydrogens (tertiary/aromatic N) is 3. The van der Waals surface area contributed by atoms with E-state index in [1.54, 1.807) is 0 Å². The quantitative estimate of drug-likeness (QED) is 0.577. The van der Waals surface area contributed by atoms with E-state index in [1.165, 1.54) is 0 Å². The van der Waals surface area contributed by atoms with Crippen LogP contribution in [-0.4, -0.2) is 58.1 Å². The lowest BCUT2D eigenvalue weighted by Gasteiger charge is -2.36. The highest BCUT2D eigenvalue weighted by Gasteiger charge is 2.44. The first-order chi connectivity index (χ1) is 16.2. The molecule has 2 aromatic carbocycles. The maximum absolute atomic E-state index is 12.5. The summed E-state index contributed by atoms with van der Waals surface area (Å²) in [5.74, 6) is 1.07. The predicted molar refractivity (Wildman–Crippen MR) is 122 cm³/mol. The SMILES string of the molecule is O=C(CCc1ccccc1)N[C@H]1C[C@H]2C(=O)NC[C@@H](Cc3nnc(-c4ccccc4)o3)N2C1. The van der Waals surface area contributed by atoms with E-state index in [0.717, 1.165) is 11.1 Å². The minimum Gasteiger partial charge on any atom is -0.421 e. The number of carbonyl (C=O) groups is 2. The van der Waals surface area contributed by atoms with Gasteiger partial charge < -0.3 is 15.1 Å². The number of aromatic nitrogens is 2. The number of benzene rings is 2. The van der Waals surface area contributed by atoms with Gasteiger partial charge in [0, 0.05) is 43.6 Å². The van der Waals surface area contributed by atoms with Crippen LogP contribution in [0.4, 0.5) is 0 Å². The summed E-state index contributed by atoms with van der Waals surface area (Å²) in [6, 6.07) is 19.4. The first-order valence-electron chi connectivity index (χ1n) is 11.4. The molecule has 3 aromatic rings. The van der Waals surface area contributed by atoms with Crippen molar-refractivity contribution in [2.45, 2.75) is 43.8 Å². The van der Waals surface area contributed by atoms with Crippen molar-refractivity contribution in [1.82, 2.24) is 25.7 Å². The van der Waals surface area contributed by atoms with Crippen LogP contribution in [0.5, 0.6) is 0 Å². The molecule has 0 unspecified atom stereocenters. The van der Waals surface area contributed by atoms with E-state index in [4.69, 9.17) is 4.42 Å². The molecule has 8 nitrogen and oxygen atoms in total. The summed E-state index contributed by atoms with van der Waals surface area (Å²) in [7, 11) is 0. The van der Waals surface area contributed by atoms with E-state index in [9.17, 15) is 9.59 Å². The molecule has 0 radical (unpaired) electrons. The van der Waals surface area contributed by atoms with Gasteiger partial charge in [-0.2, -0.15) is 0 Å².